The summed E-state index contributed by atoms with van der Waals surface area (Å²) >= 11 is 0. The van der Waals surface area contributed by atoms with Gasteiger partial charge in [-0.2, -0.15) is 4.91 Å². The summed E-state index contributed by atoms with van der Waals surface area (Å²) in [7, 11) is 0. The highest BCUT2D eigenvalue weighted by Gasteiger charge is 2.39. The van der Waals surface area contributed by atoms with Crippen LogP contribution < -0.4 is 0 Å². The third kappa shape index (κ3) is 3.78. The minimum atomic E-state index is -0.572. The van der Waals surface area contributed by atoms with Gasteiger partial charge in [-0.1, -0.05) is 5.18 Å². The average molecular weight is 256 g/mol. The second-order valence-electron chi connectivity index (χ2n) is 5.60. The molecule has 0 aromatic heterocycles. The van der Waals surface area contributed by atoms with Crippen LogP contribution in [0.2, 0.25) is 0 Å². The van der Waals surface area contributed by atoms with Gasteiger partial charge in [-0.25, -0.2) is 4.79 Å². The molecule has 0 radical (unpaired) electrons. The number of ether oxygens (including phenoxy) is 1. The predicted molar refractivity (Wildman–Crippen MR) is 66.2 cm³/mol. The van der Waals surface area contributed by atoms with E-state index in [1.54, 1.807) is 27.7 Å². The Hall–Kier alpha value is -1.46. The Balaban J connectivity index is 2.52. The van der Waals surface area contributed by atoms with Crippen LogP contribution in [-0.4, -0.2) is 41.0 Å². The van der Waals surface area contributed by atoms with Crippen molar-refractivity contribution in [3.63, 3.8) is 0 Å². The Morgan fingerprint density at radius 1 is 1.44 bits per heavy atom. The zero-order valence-corrected chi connectivity index (χ0v) is 11.3. The Morgan fingerprint density at radius 3 is 2.44 bits per heavy atom. The number of rotatable bonds is 4. The molecule has 1 fully saturated rings. The molecule has 0 saturated carbocycles. The fourth-order valence-corrected chi connectivity index (χ4v) is 1.73. The molecular weight excluding hydrogens is 236 g/mol. The minimum Gasteiger partial charge on any atom is -0.444 e. The molecule has 102 valence electrons. The summed E-state index contributed by atoms with van der Waals surface area (Å²) in [6, 6.07) is -0.998. The van der Waals surface area contributed by atoms with E-state index >= 15 is 0 Å². The van der Waals surface area contributed by atoms with Gasteiger partial charge in [-0.3, -0.25) is 9.69 Å². The molecule has 1 aliphatic rings. The van der Waals surface area contributed by atoms with E-state index in [1.807, 2.05) is 0 Å². The summed E-state index contributed by atoms with van der Waals surface area (Å²) in [6.07, 6.45) is 0.232. The Bertz CT molecular complexity index is 348. The first-order chi connectivity index (χ1) is 8.24. The number of likely N-dealkylation sites (tertiary alicyclic amines) is 1. The zero-order chi connectivity index (χ0) is 13.9. The molecule has 6 nitrogen and oxygen atoms in total. The number of ketones is 1. The van der Waals surface area contributed by atoms with Crippen LogP contribution in [0.3, 0.4) is 0 Å². The maximum Gasteiger partial charge on any atom is 0.410 e. The Labute approximate surface area is 107 Å². The molecule has 0 N–H and O–H groups in total. The van der Waals surface area contributed by atoms with Crippen molar-refractivity contribution < 1.29 is 14.3 Å². The van der Waals surface area contributed by atoms with Crippen molar-refractivity contribution in [1.29, 1.82) is 0 Å². The normalized spacial score (nSPS) is 20.9. The quantitative estimate of drug-likeness (QED) is 0.722. The number of carbonyl (C=O) groups is 2. The highest BCUT2D eigenvalue weighted by Crippen LogP contribution is 2.23. The van der Waals surface area contributed by atoms with Crippen LogP contribution in [0, 0.1) is 4.91 Å². The van der Waals surface area contributed by atoms with Gasteiger partial charge in [0.15, 0.2) is 5.78 Å². The molecule has 1 rings (SSSR count). The van der Waals surface area contributed by atoms with Crippen molar-refractivity contribution in [2.75, 3.05) is 6.54 Å². The van der Waals surface area contributed by atoms with Gasteiger partial charge in [-0.15, -0.1) is 0 Å². The Kier molecular flexibility index (Phi) is 4.43. The molecule has 0 spiro atoms. The lowest BCUT2D eigenvalue weighted by Crippen LogP contribution is -2.56. The number of nitrogens with zero attached hydrogens (tertiary/aromatic N) is 2. The third-order valence-electron chi connectivity index (χ3n) is 2.70. The van der Waals surface area contributed by atoms with Gasteiger partial charge >= 0.3 is 6.09 Å². The highest BCUT2D eigenvalue weighted by atomic mass is 16.6. The van der Waals surface area contributed by atoms with E-state index in [9.17, 15) is 14.5 Å². The molecule has 1 heterocycles. The second kappa shape index (κ2) is 5.46. The lowest BCUT2D eigenvalue weighted by molar-refractivity contribution is -0.128. The molecule has 1 amide bonds. The monoisotopic (exact) mass is 256 g/mol. The number of Topliss-reactive ketones (excluding diaryl/α,β-unsaturated/α-hetero) is 1. The highest BCUT2D eigenvalue weighted by molar-refractivity contribution is 5.89. The summed E-state index contributed by atoms with van der Waals surface area (Å²) in [5, 5.41) is 2.79. The number of amides is 1. The van der Waals surface area contributed by atoms with Crippen molar-refractivity contribution in [1.82, 2.24) is 4.90 Å². The number of hydrogen-bond donors (Lipinski definition) is 0. The van der Waals surface area contributed by atoms with E-state index in [1.165, 1.54) is 4.90 Å². The molecule has 2 atom stereocenters. The molecule has 1 aliphatic heterocycles. The summed E-state index contributed by atoms with van der Waals surface area (Å²) in [6.45, 7) is 7.44. The first-order valence-electron chi connectivity index (χ1n) is 6.09. The zero-order valence-electron chi connectivity index (χ0n) is 11.3. The molecule has 2 unspecified atom stereocenters. The van der Waals surface area contributed by atoms with Crippen LogP contribution in [0.4, 0.5) is 4.79 Å². The van der Waals surface area contributed by atoms with Crippen molar-refractivity contribution in [2.45, 2.75) is 58.2 Å². The van der Waals surface area contributed by atoms with Crippen LogP contribution >= 0.6 is 0 Å². The van der Waals surface area contributed by atoms with E-state index in [4.69, 9.17) is 4.74 Å². The van der Waals surface area contributed by atoms with Gasteiger partial charge in [0, 0.05) is 13.0 Å². The van der Waals surface area contributed by atoms with E-state index in [0.717, 1.165) is 0 Å². The largest absolute Gasteiger partial charge is 0.444 e. The molecule has 0 aromatic rings. The van der Waals surface area contributed by atoms with Crippen molar-refractivity contribution >= 4 is 11.9 Å². The van der Waals surface area contributed by atoms with Gasteiger partial charge in [-0.05, 0) is 34.1 Å². The van der Waals surface area contributed by atoms with Crippen molar-refractivity contribution in [3.05, 3.63) is 4.91 Å². The number of carbonyl (C=O) groups excluding carboxylic acids is 2. The van der Waals surface area contributed by atoms with Crippen LogP contribution in [0.25, 0.3) is 0 Å². The maximum absolute atomic E-state index is 11.8. The molecule has 18 heavy (non-hydrogen) atoms. The third-order valence-corrected chi connectivity index (χ3v) is 2.70. The fourth-order valence-electron chi connectivity index (χ4n) is 1.73. The van der Waals surface area contributed by atoms with Crippen molar-refractivity contribution in [2.24, 2.45) is 5.18 Å². The van der Waals surface area contributed by atoms with E-state index in [-0.39, 0.29) is 12.2 Å². The van der Waals surface area contributed by atoms with Gasteiger partial charge < -0.3 is 4.74 Å². The van der Waals surface area contributed by atoms with E-state index in [0.29, 0.717) is 13.0 Å². The van der Waals surface area contributed by atoms with Gasteiger partial charge in [0.2, 0.25) is 0 Å². The van der Waals surface area contributed by atoms with E-state index < -0.39 is 23.8 Å². The first kappa shape index (κ1) is 14.6. The van der Waals surface area contributed by atoms with Gasteiger partial charge in [0.05, 0.1) is 12.1 Å². The topological polar surface area (TPSA) is 76.0 Å². The predicted octanol–water partition coefficient (Wildman–Crippen LogP) is 2.11. The molecule has 6 heteroatoms. The average Bonchev–Trinajstić information content (AvgIpc) is 2.11. The fraction of sp³-hybridized carbons (Fsp3) is 0.833. The lowest BCUT2D eigenvalue weighted by Gasteiger charge is -2.40. The number of hydrogen-bond acceptors (Lipinski definition) is 5. The molecule has 1 saturated heterocycles. The van der Waals surface area contributed by atoms with Gasteiger partial charge in [0.25, 0.3) is 0 Å². The maximum atomic E-state index is 11.8. The summed E-state index contributed by atoms with van der Waals surface area (Å²) in [5.41, 5.74) is -0.572. The van der Waals surface area contributed by atoms with Crippen LogP contribution in [-0.2, 0) is 9.53 Å². The van der Waals surface area contributed by atoms with Crippen LogP contribution in [0.15, 0.2) is 5.18 Å². The standard InChI is InChI=1S/C12H20N2O4/c1-8(13-17)7-10(15)9-5-6-14(9)11(16)18-12(2,3)4/h8-9H,5-7H2,1-4H3. The minimum absolute atomic E-state index is 0.0768. The van der Waals surface area contributed by atoms with Crippen molar-refractivity contribution in [3.8, 4) is 0 Å². The summed E-state index contributed by atoms with van der Waals surface area (Å²) < 4.78 is 5.20. The number of nitroso groups, excluding NO2 is 1. The summed E-state index contributed by atoms with van der Waals surface area (Å²) in [4.78, 5) is 35.3. The molecule has 0 aromatic carbocycles. The first-order valence-corrected chi connectivity index (χ1v) is 6.09. The Morgan fingerprint density at radius 2 is 2.06 bits per heavy atom. The molecule has 0 bridgehead atoms. The van der Waals surface area contributed by atoms with Gasteiger partial charge in [0.1, 0.15) is 5.60 Å². The van der Waals surface area contributed by atoms with E-state index in [2.05, 4.69) is 5.18 Å². The second-order valence-corrected chi connectivity index (χ2v) is 5.60. The SMILES string of the molecule is CC(CC(=O)C1CCN1C(=O)OC(C)(C)C)N=O. The molecular formula is C12H20N2O4. The lowest BCUT2D eigenvalue weighted by atomic mass is 9.95. The summed E-state index contributed by atoms with van der Waals surface area (Å²) in [5.74, 6) is -0.126. The van der Waals surface area contributed by atoms with Crippen LogP contribution in [0.5, 0.6) is 0 Å². The van der Waals surface area contributed by atoms with Crippen LogP contribution in [0.1, 0.15) is 40.5 Å². The smallest absolute Gasteiger partial charge is 0.410 e. The molecule has 0 aliphatic carbocycles.